The Kier molecular flexibility index (Phi) is 5.43. The summed E-state index contributed by atoms with van der Waals surface area (Å²) in [6, 6.07) is 15.2. The van der Waals surface area contributed by atoms with Gasteiger partial charge in [0.25, 0.3) is 0 Å². The van der Waals surface area contributed by atoms with Crippen LogP contribution in [0.2, 0.25) is 0 Å². The number of fused-ring (bicyclic) bond motifs is 1. The van der Waals surface area contributed by atoms with Gasteiger partial charge in [0, 0.05) is 12.7 Å². The van der Waals surface area contributed by atoms with Gasteiger partial charge < -0.3 is 19.0 Å². The van der Waals surface area contributed by atoms with Crippen molar-refractivity contribution in [2.75, 3.05) is 20.3 Å². The van der Waals surface area contributed by atoms with E-state index in [9.17, 15) is 0 Å². The predicted molar refractivity (Wildman–Crippen MR) is 126 cm³/mol. The summed E-state index contributed by atoms with van der Waals surface area (Å²) in [6.45, 7) is 5.66. The first-order valence-electron chi connectivity index (χ1n) is 11.1. The SMILES string of the molecule is COc1cc(/C=C2\CCCN3C2=NOC[C@@H]3c2ccc(C)cc2)ccc1-n1cnc(C)c1. The third-order valence-electron chi connectivity index (χ3n) is 6.16. The molecule has 2 aromatic carbocycles. The summed E-state index contributed by atoms with van der Waals surface area (Å²) in [7, 11) is 1.70. The van der Waals surface area contributed by atoms with E-state index in [4.69, 9.17) is 9.57 Å². The highest BCUT2D eigenvalue weighted by Gasteiger charge is 2.32. The molecule has 1 saturated heterocycles. The lowest BCUT2D eigenvalue weighted by atomic mass is 9.95. The first-order valence-corrected chi connectivity index (χ1v) is 11.1. The second-order valence-electron chi connectivity index (χ2n) is 8.46. The first-order chi connectivity index (χ1) is 15.6. The average molecular weight is 429 g/mol. The Morgan fingerprint density at radius 3 is 2.72 bits per heavy atom. The molecule has 1 fully saturated rings. The molecule has 3 aromatic rings. The molecule has 2 aliphatic heterocycles. The van der Waals surface area contributed by atoms with E-state index in [1.54, 1.807) is 7.11 Å². The first kappa shape index (κ1) is 20.4. The van der Waals surface area contributed by atoms with Crippen LogP contribution in [0.25, 0.3) is 11.8 Å². The lowest BCUT2D eigenvalue weighted by Gasteiger charge is -2.40. The number of imidazole rings is 1. The molecule has 0 bridgehead atoms. The Bertz CT molecular complexity index is 1180. The van der Waals surface area contributed by atoms with Crippen molar-refractivity contribution >= 4 is 11.9 Å². The Hall–Kier alpha value is -3.54. The molecule has 6 nitrogen and oxygen atoms in total. The second kappa shape index (κ2) is 8.54. The number of oxime groups is 1. The Morgan fingerprint density at radius 2 is 1.97 bits per heavy atom. The molecule has 0 aliphatic carbocycles. The number of nitrogens with zero attached hydrogens (tertiary/aromatic N) is 4. The summed E-state index contributed by atoms with van der Waals surface area (Å²) in [5, 5.41) is 4.46. The number of rotatable bonds is 4. The Morgan fingerprint density at radius 1 is 1.12 bits per heavy atom. The number of hydrogen-bond donors (Lipinski definition) is 0. The van der Waals surface area contributed by atoms with Crippen LogP contribution < -0.4 is 4.74 Å². The quantitative estimate of drug-likeness (QED) is 0.583. The average Bonchev–Trinajstić information content (AvgIpc) is 3.25. The number of ether oxygens (including phenoxy) is 1. The molecule has 32 heavy (non-hydrogen) atoms. The second-order valence-corrected chi connectivity index (χ2v) is 8.46. The Balaban J connectivity index is 1.45. The van der Waals surface area contributed by atoms with Crippen LogP contribution in [0.5, 0.6) is 5.75 Å². The van der Waals surface area contributed by atoms with Gasteiger partial charge in [-0.1, -0.05) is 41.1 Å². The number of hydrogen-bond acceptors (Lipinski definition) is 5. The number of aromatic nitrogens is 2. The Labute approximate surface area is 188 Å². The van der Waals surface area contributed by atoms with E-state index in [2.05, 4.69) is 70.5 Å². The fourth-order valence-corrected chi connectivity index (χ4v) is 4.47. The van der Waals surface area contributed by atoms with Crippen molar-refractivity contribution in [3.63, 3.8) is 0 Å². The molecule has 164 valence electrons. The van der Waals surface area contributed by atoms with Gasteiger partial charge in [-0.25, -0.2) is 4.98 Å². The fourth-order valence-electron chi connectivity index (χ4n) is 4.47. The van der Waals surface area contributed by atoms with Crippen LogP contribution in [0, 0.1) is 13.8 Å². The molecule has 5 rings (SSSR count). The van der Waals surface area contributed by atoms with Crippen molar-refractivity contribution < 1.29 is 9.57 Å². The van der Waals surface area contributed by atoms with E-state index in [0.717, 1.165) is 47.9 Å². The maximum atomic E-state index is 5.70. The van der Waals surface area contributed by atoms with Crippen molar-refractivity contribution in [1.82, 2.24) is 14.5 Å². The molecule has 0 radical (unpaired) electrons. The molecule has 0 spiro atoms. The predicted octanol–water partition coefficient (Wildman–Crippen LogP) is 5.06. The van der Waals surface area contributed by atoms with E-state index < -0.39 is 0 Å². The molecule has 6 heteroatoms. The number of aryl methyl sites for hydroxylation is 2. The smallest absolute Gasteiger partial charge is 0.172 e. The molecule has 1 aromatic heterocycles. The van der Waals surface area contributed by atoms with Crippen LogP contribution in [0.15, 0.2) is 65.7 Å². The minimum atomic E-state index is 0.188. The summed E-state index contributed by atoms with van der Waals surface area (Å²) in [5.74, 6) is 1.75. The summed E-state index contributed by atoms with van der Waals surface area (Å²) in [6.07, 6.45) is 8.08. The highest BCUT2D eigenvalue weighted by molar-refractivity contribution is 6.03. The standard InChI is InChI=1S/C26H28N4O2/c1-18-6-9-21(10-7-18)24-16-32-28-26-22(5-4-12-30(24)26)13-20-8-11-23(25(14-20)31-3)29-15-19(2)27-17-29/h6-11,13-15,17,24H,4-5,12,16H2,1-3H3/b22-13+/t24-/m1/s1. The van der Waals surface area contributed by atoms with E-state index in [0.29, 0.717) is 6.61 Å². The van der Waals surface area contributed by atoms with Crippen LogP contribution in [0.3, 0.4) is 0 Å². The van der Waals surface area contributed by atoms with Crippen molar-refractivity contribution in [2.45, 2.75) is 32.7 Å². The maximum absolute atomic E-state index is 5.70. The van der Waals surface area contributed by atoms with Crippen LogP contribution in [0.1, 0.15) is 41.3 Å². The monoisotopic (exact) mass is 428 g/mol. The largest absolute Gasteiger partial charge is 0.495 e. The highest BCUT2D eigenvalue weighted by atomic mass is 16.6. The molecule has 3 heterocycles. The minimum Gasteiger partial charge on any atom is -0.495 e. The van der Waals surface area contributed by atoms with Gasteiger partial charge in [0.1, 0.15) is 12.4 Å². The number of benzene rings is 2. The summed E-state index contributed by atoms with van der Waals surface area (Å²) in [4.78, 5) is 12.4. The zero-order valence-electron chi connectivity index (χ0n) is 18.8. The van der Waals surface area contributed by atoms with Crippen molar-refractivity contribution in [3.8, 4) is 11.4 Å². The third-order valence-corrected chi connectivity index (χ3v) is 6.16. The summed E-state index contributed by atoms with van der Waals surface area (Å²) < 4.78 is 7.67. The molecular formula is C26H28N4O2. The molecule has 0 saturated carbocycles. The van der Waals surface area contributed by atoms with Gasteiger partial charge in [-0.3, -0.25) is 0 Å². The van der Waals surface area contributed by atoms with Crippen LogP contribution >= 0.6 is 0 Å². The molecule has 1 atom stereocenters. The maximum Gasteiger partial charge on any atom is 0.172 e. The van der Waals surface area contributed by atoms with E-state index >= 15 is 0 Å². The summed E-state index contributed by atoms with van der Waals surface area (Å²) in [5.41, 5.74) is 6.76. The minimum absolute atomic E-state index is 0.188. The molecule has 0 unspecified atom stereocenters. The zero-order chi connectivity index (χ0) is 22.1. The van der Waals surface area contributed by atoms with Crippen molar-refractivity contribution in [1.29, 1.82) is 0 Å². The van der Waals surface area contributed by atoms with E-state index in [1.165, 1.54) is 16.7 Å². The number of piperidine rings is 1. The fraction of sp³-hybridized carbons (Fsp3) is 0.308. The van der Waals surface area contributed by atoms with Gasteiger partial charge in [-0.05, 0) is 61.6 Å². The van der Waals surface area contributed by atoms with Gasteiger partial charge in [0.2, 0.25) is 0 Å². The van der Waals surface area contributed by atoms with Crippen LogP contribution in [-0.4, -0.2) is 40.5 Å². The zero-order valence-corrected chi connectivity index (χ0v) is 18.8. The topological polar surface area (TPSA) is 51.9 Å². The highest BCUT2D eigenvalue weighted by Crippen LogP contribution is 2.33. The molecular weight excluding hydrogens is 400 g/mol. The lowest BCUT2D eigenvalue weighted by molar-refractivity contribution is 0.0575. The number of methoxy groups -OCH3 is 1. The van der Waals surface area contributed by atoms with Gasteiger partial charge in [0.15, 0.2) is 5.84 Å². The van der Waals surface area contributed by atoms with Gasteiger partial charge in [-0.15, -0.1) is 0 Å². The van der Waals surface area contributed by atoms with Crippen molar-refractivity contribution in [3.05, 3.63) is 82.9 Å². The summed E-state index contributed by atoms with van der Waals surface area (Å²) >= 11 is 0. The van der Waals surface area contributed by atoms with E-state index in [1.807, 2.05) is 24.0 Å². The molecule has 2 aliphatic rings. The lowest BCUT2D eigenvalue weighted by Crippen LogP contribution is -2.44. The van der Waals surface area contributed by atoms with Crippen LogP contribution in [-0.2, 0) is 4.84 Å². The normalized spacial score (nSPS) is 19.3. The molecule has 0 amide bonds. The van der Waals surface area contributed by atoms with Crippen molar-refractivity contribution in [2.24, 2.45) is 5.16 Å². The molecule has 0 N–H and O–H groups in total. The van der Waals surface area contributed by atoms with Gasteiger partial charge in [-0.2, -0.15) is 0 Å². The third kappa shape index (κ3) is 3.88. The van der Waals surface area contributed by atoms with Crippen LogP contribution in [0.4, 0.5) is 0 Å². The number of amidine groups is 1. The van der Waals surface area contributed by atoms with Gasteiger partial charge >= 0.3 is 0 Å². The van der Waals surface area contributed by atoms with Gasteiger partial charge in [0.05, 0.1) is 30.9 Å². The van der Waals surface area contributed by atoms with E-state index in [-0.39, 0.29) is 6.04 Å².